The summed E-state index contributed by atoms with van der Waals surface area (Å²) in [6, 6.07) is 3.53. The third-order valence-corrected chi connectivity index (χ3v) is 4.78. The number of nitrogens with one attached hydrogen (secondary N) is 1. The van der Waals surface area contributed by atoms with E-state index in [1.807, 2.05) is 19.9 Å². The first kappa shape index (κ1) is 17.7. The minimum Gasteiger partial charge on any atom is -0.352 e. The number of carbonyl (C=O) groups is 1. The maximum absolute atomic E-state index is 12.4. The normalized spacial score (nSPS) is 19.1. The number of carbonyl (C=O) groups excluding carboxylic acids is 1. The van der Waals surface area contributed by atoms with E-state index >= 15 is 0 Å². The molecule has 1 fully saturated rings. The van der Waals surface area contributed by atoms with E-state index < -0.39 is 0 Å². The predicted octanol–water partition coefficient (Wildman–Crippen LogP) is 1.97. The van der Waals surface area contributed by atoms with E-state index in [-0.39, 0.29) is 22.9 Å². The Hall–Kier alpha value is -1.62. The molecule has 0 aromatic carbocycles. The molecule has 2 heterocycles. The molecule has 1 aliphatic rings. The number of pyridine rings is 1. The van der Waals surface area contributed by atoms with Crippen LogP contribution in [0.25, 0.3) is 0 Å². The van der Waals surface area contributed by atoms with Crippen molar-refractivity contribution in [3.8, 4) is 0 Å². The molecule has 2 rings (SSSR count). The lowest BCUT2D eigenvalue weighted by molar-refractivity contribution is 0.0931. The van der Waals surface area contributed by atoms with Crippen molar-refractivity contribution in [2.75, 3.05) is 26.2 Å². The molecule has 5 heteroatoms. The molecule has 0 bridgehead atoms. The molecule has 0 unspecified atom stereocenters. The second-order valence-corrected chi connectivity index (χ2v) is 6.80. The highest BCUT2D eigenvalue weighted by molar-refractivity contribution is 5.93. The van der Waals surface area contributed by atoms with Gasteiger partial charge in [-0.05, 0) is 49.9 Å². The lowest BCUT2D eigenvalue weighted by atomic mass is 9.98. The number of hydrogen-bond donors (Lipinski definition) is 1. The molecule has 23 heavy (non-hydrogen) atoms. The fourth-order valence-corrected chi connectivity index (χ4v) is 3.34. The zero-order valence-corrected chi connectivity index (χ0v) is 14.8. The van der Waals surface area contributed by atoms with Crippen LogP contribution in [0.4, 0.5) is 0 Å². The second kappa shape index (κ2) is 7.77. The van der Waals surface area contributed by atoms with E-state index in [0.717, 1.165) is 31.7 Å². The van der Waals surface area contributed by atoms with Crippen LogP contribution in [0, 0.1) is 5.92 Å². The van der Waals surface area contributed by atoms with Crippen LogP contribution in [-0.2, 0) is 7.05 Å². The predicted molar refractivity (Wildman–Crippen MR) is 92.9 cm³/mol. The smallest absolute Gasteiger partial charge is 0.263 e. The largest absolute Gasteiger partial charge is 0.352 e. The molecule has 1 amide bonds. The van der Waals surface area contributed by atoms with Gasteiger partial charge >= 0.3 is 0 Å². The average Bonchev–Trinajstić information content (AvgIpc) is 2.55. The van der Waals surface area contributed by atoms with Crippen LogP contribution in [0.15, 0.2) is 16.9 Å². The van der Waals surface area contributed by atoms with Gasteiger partial charge in [0.2, 0.25) is 0 Å². The van der Waals surface area contributed by atoms with Gasteiger partial charge in [0.15, 0.2) is 0 Å². The summed E-state index contributed by atoms with van der Waals surface area (Å²) in [5.41, 5.74) is 0.963. The van der Waals surface area contributed by atoms with Crippen molar-refractivity contribution in [3.63, 3.8) is 0 Å². The highest BCUT2D eigenvalue weighted by Gasteiger charge is 2.20. The van der Waals surface area contributed by atoms with Gasteiger partial charge in [-0.2, -0.15) is 0 Å². The molecule has 1 atom stereocenters. The van der Waals surface area contributed by atoms with Gasteiger partial charge < -0.3 is 14.8 Å². The Morgan fingerprint density at radius 2 is 2.13 bits per heavy atom. The number of nitrogens with zero attached hydrogens (tertiary/aromatic N) is 2. The Kier molecular flexibility index (Phi) is 5.99. The fourth-order valence-electron chi connectivity index (χ4n) is 3.34. The molecule has 0 radical (unpaired) electrons. The van der Waals surface area contributed by atoms with Crippen LogP contribution < -0.4 is 10.9 Å². The van der Waals surface area contributed by atoms with Gasteiger partial charge in [-0.3, -0.25) is 9.59 Å². The first-order valence-corrected chi connectivity index (χ1v) is 8.64. The Balaban J connectivity index is 2.01. The standard InChI is InChI=1S/C18H29N3O2/c1-5-21-10-6-7-14(12-21)11-19-17(22)15-8-9-16(13(2)3)20(4)18(15)23/h8-9,13-14H,5-7,10-12H2,1-4H3,(H,19,22)/t14-/m1/s1. The Labute approximate surface area is 138 Å². The number of amides is 1. The van der Waals surface area contributed by atoms with Crippen LogP contribution in [0.1, 0.15) is 55.6 Å². The molecular weight excluding hydrogens is 290 g/mol. The third-order valence-electron chi connectivity index (χ3n) is 4.78. The van der Waals surface area contributed by atoms with Gasteiger partial charge in [-0.15, -0.1) is 0 Å². The molecule has 1 aliphatic heterocycles. The second-order valence-electron chi connectivity index (χ2n) is 6.80. The van der Waals surface area contributed by atoms with Gasteiger partial charge in [-0.25, -0.2) is 0 Å². The summed E-state index contributed by atoms with van der Waals surface area (Å²) in [4.78, 5) is 27.1. The molecule has 128 valence electrons. The fraction of sp³-hybridized carbons (Fsp3) is 0.667. The first-order chi connectivity index (χ1) is 10.9. The number of likely N-dealkylation sites (tertiary alicyclic amines) is 1. The van der Waals surface area contributed by atoms with Gasteiger partial charge in [0.1, 0.15) is 5.56 Å². The SMILES string of the molecule is CCN1CCC[C@H](CNC(=O)c2ccc(C(C)C)n(C)c2=O)C1. The number of piperidine rings is 1. The summed E-state index contributed by atoms with van der Waals surface area (Å²) in [5.74, 6) is 0.480. The maximum atomic E-state index is 12.4. The minimum atomic E-state index is -0.255. The minimum absolute atomic E-state index is 0.215. The van der Waals surface area contributed by atoms with Gasteiger partial charge in [-0.1, -0.05) is 20.8 Å². The Bertz CT molecular complexity index is 607. The molecule has 1 aromatic heterocycles. The van der Waals surface area contributed by atoms with Crippen LogP contribution in [0.3, 0.4) is 0 Å². The van der Waals surface area contributed by atoms with E-state index in [2.05, 4.69) is 17.1 Å². The van der Waals surface area contributed by atoms with E-state index in [9.17, 15) is 9.59 Å². The number of rotatable bonds is 5. The summed E-state index contributed by atoms with van der Waals surface area (Å²) < 4.78 is 1.58. The monoisotopic (exact) mass is 319 g/mol. The highest BCUT2D eigenvalue weighted by atomic mass is 16.2. The van der Waals surface area contributed by atoms with Crippen LogP contribution >= 0.6 is 0 Å². The van der Waals surface area contributed by atoms with Crippen molar-refractivity contribution in [1.82, 2.24) is 14.8 Å². The quantitative estimate of drug-likeness (QED) is 0.903. The summed E-state index contributed by atoms with van der Waals surface area (Å²) in [7, 11) is 1.73. The lowest BCUT2D eigenvalue weighted by Gasteiger charge is -2.31. The van der Waals surface area contributed by atoms with Crippen molar-refractivity contribution in [1.29, 1.82) is 0 Å². The van der Waals surface area contributed by atoms with Crippen LogP contribution in [0.5, 0.6) is 0 Å². The molecule has 1 aromatic rings. The van der Waals surface area contributed by atoms with Crippen LogP contribution in [0.2, 0.25) is 0 Å². The maximum Gasteiger partial charge on any atom is 0.263 e. The number of hydrogen-bond acceptors (Lipinski definition) is 3. The zero-order valence-electron chi connectivity index (χ0n) is 14.8. The Morgan fingerprint density at radius 3 is 2.78 bits per heavy atom. The summed E-state index contributed by atoms with van der Waals surface area (Å²) in [6.45, 7) is 10.1. The van der Waals surface area contributed by atoms with Crippen molar-refractivity contribution < 1.29 is 4.79 Å². The van der Waals surface area contributed by atoms with Gasteiger partial charge in [0.25, 0.3) is 11.5 Å². The first-order valence-electron chi connectivity index (χ1n) is 8.64. The van der Waals surface area contributed by atoms with Crippen molar-refractivity contribution in [2.24, 2.45) is 13.0 Å². The summed E-state index contributed by atoms with van der Waals surface area (Å²) in [6.07, 6.45) is 2.32. The molecule has 5 nitrogen and oxygen atoms in total. The average molecular weight is 319 g/mol. The summed E-state index contributed by atoms with van der Waals surface area (Å²) >= 11 is 0. The molecule has 0 saturated carbocycles. The van der Waals surface area contributed by atoms with Gasteiger partial charge in [0, 0.05) is 25.8 Å². The molecule has 0 aliphatic carbocycles. The van der Waals surface area contributed by atoms with Gasteiger partial charge in [0.05, 0.1) is 0 Å². The topological polar surface area (TPSA) is 54.3 Å². The van der Waals surface area contributed by atoms with E-state index in [1.54, 1.807) is 17.7 Å². The lowest BCUT2D eigenvalue weighted by Crippen LogP contribution is -2.42. The van der Waals surface area contributed by atoms with Crippen LogP contribution in [-0.4, -0.2) is 41.6 Å². The number of aromatic nitrogens is 1. The van der Waals surface area contributed by atoms with Crippen molar-refractivity contribution in [3.05, 3.63) is 33.7 Å². The Morgan fingerprint density at radius 1 is 1.39 bits per heavy atom. The zero-order chi connectivity index (χ0) is 17.0. The molecule has 1 N–H and O–H groups in total. The molecular formula is C18H29N3O2. The summed E-state index contributed by atoms with van der Waals surface area (Å²) in [5, 5.41) is 2.95. The van der Waals surface area contributed by atoms with E-state index in [0.29, 0.717) is 12.5 Å². The van der Waals surface area contributed by atoms with Crippen molar-refractivity contribution >= 4 is 5.91 Å². The van der Waals surface area contributed by atoms with E-state index in [4.69, 9.17) is 0 Å². The van der Waals surface area contributed by atoms with E-state index in [1.165, 1.54) is 6.42 Å². The van der Waals surface area contributed by atoms with Crippen molar-refractivity contribution in [2.45, 2.75) is 39.5 Å². The third kappa shape index (κ3) is 4.22. The molecule has 0 spiro atoms. The highest BCUT2D eigenvalue weighted by Crippen LogP contribution is 2.15. The molecule has 1 saturated heterocycles.